The first-order chi connectivity index (χ1) is 11.5. The normalized spacial score (nSPS) is 17.8. The third-order valence-electron chi connectivity index (χ3n) is 4.91. The first kappa shape index (κ1) is 15.1. The molecule has 0 fully saturated rings. The highest BCUT2D eigenvalue weighted by molar-refractivity contribution is 6.08. The van der Waals surface area contributed by atoms with Crippen LogP contribution in [0.1, 0.15) is 32.0 Å². The summed E-state index contributed by atoms with van der Waals surface area (Å²) in [4.78, 5) is 9.21. The molecule has 1 aliphatic heterocycles. The first-order valence-electron chi connectivity index (χ1n) is 8.51. The number of furan rings is 1. The number of aryl methyl sites for hydroxylation is 2. The van der Waals surface area contributed by atoms with Gasteiger partial charge >= 0.3 is 0 Å². The van der Waals surface area contributed by atoms with Gasteiger partial charge in [0.25, 0.3) is 0 Å². The summed E-state index contributed by atoms with van der Waals surface area (Å²) in [5.41, 5.74) is 4.95. The molecule has 4 nitrogen and oxygen atoms in total. The van der Waals surface area contributed by atoms with E-state index in [0.29, 0.717) is 11.8 Å². The fourth-order valence-corrected chi connectivity index (χ4v) is 3.62. The Morgan fingerprint density at radius 3 is 2.50 bits per heavy atom. The second-order valence-electron chi connectivity index (χ2n) is 6.89. The molecule has 1 aliphatic rings. The Morgan fingerprint density at radius 1 is 1.04 bits per heavy atom. The molecule has 0 radical (unpaired) electrons. The van der Waals surface area contributed by atoms with Crippen LogP contribution in [-0.2, 0) is 0 Å². The number of rotatable bonds is 2. The van der Waals surface area contributed by atoms with E-state index < -0.39 is 0 Å². The molecule has 3 aromatic rings. The predicted molar refractivity (Wildman–Crippen MR) is 99.0 cm³/mol. The van der Waals surface area contributed by atoms with Crippen LogP contribution in [0.15, 0.2) is 41.1 Å². The molecule has 24 heavy (non-hydrogen) atoms. The van der Waals surface area contributed by atoms with Gasteiger partial charge in [0.15, 0.2) is 5.58 Å². The summed E-state index contributed by atoms with van der Waals surface area (Å²) in [6, 6.07) is 8.91. The number of aromatic nitrogens is 1. The largest absolute Gasteiger partial charge is 0.435 e. The molecular weight excluding hydrogens is 298 g/mol. The van der Waals surface area contributed by atoms with Crippen LogP contribution in [0, 0.1) is 13.8 Å². The van der Waals surface area contributed by atoms with E-state index >= 15 is 0 Å². The molecular formula is C20H23N3O. The Morgan fingerprint density at radius 2 is 1.79 bits per heavy atom. The molecule has 0 saturated carbocycles. The van der Waals surface area contributed by atoms with Gasteiger partial charge < -0.3 is 14.2 Å². The Labute approximate surface area is 142 Å². The number of benzene rings is 1. The average Bonchev–Trinajstić information content (AvgIpc) is 3.07. The zero-order chi connectivity index (χ0) is 17.0. The summed E-state index contributed by atoms with van der Waals surface area (Å²) in [6.45, 7) is 10.8. The number of pyridine rings is 1. The number of hydrogen-bond acceptors (Lipinski definition) is 4. The van der Waals surface area contributed by atoms with Gasteiger partial charge in [-0.1, -0.05) is 12.1 Å². The van der Waals surface area contributed by atoms with Gasteiger partial charge in [0.05, 0.1) is 5.69 Å². The van der Waals surface area contributed by atoms with Crippen LogP contribution < -0.4 is 4.90 Å². The van der Waals surface area contributed by atoms with Crippen LogP contribution in [0.3, 0.4) is 0 Å². The molecule has 4 heteroatoms. The minimum Gasteiger partial charge on any atom is -0.435 e. The molecule has 1 aromatic carbocycles. The minimum absolute atomic E-state index is 0.261. The third kappa shape index (κ3) is 2.09. The molecule has 4 rings (SSSR count). The van der Waals surface area contributed by atoms with Crippen LogP contribution in [0.25, 0.3) is 22.1 Å². The molecule has 0 aliphatic carbocycles. The second kappa shape index (κ2) is 5.26. The number of nitrogens with zero attached hydrogens (tertiary/aromatic N) is 3. The van der Waals surface area contributed by atoms with Crippen LogP contribution in [0.2, 0.25) is 0 Å². The summed E-state index contributed by atoms with van der Waals surface area (Å²) in [5.74, 6) is 0. The highest BCUT2D eigenvalue weighted by atomic mass is 16.3. The van der Waals surface area contributed by atoms with Crippen molar-refractivity contribution >= 4 is 27.8 Å². The maximum absolute atomic E-state index is 6.20. The van der Waals surface area contributed by atoms with Gasteiger partial charge in [-0.05, 0) is 52.3 Å². The molecule has 124 valence electrons. The highest BCUT2D eigenvalue weighted by Crippen LogP contribution is 2.39. The van der Waals surface area contributed by atoms with Crippen LogP contribution in [0.5, 0.6) is 0 Å². The Kier molecular flexibility index (Phi) is 3.30. The molecule has 0 unspecified atom stereocenters. The zero-order valence-corrected chi connectivity index (χ0v) is 14.9. The predicted octanol–water partition coefficient (Wildman–Crippen LogP) is 4.95. The van der Waals surface area contributed by atoms with Gasteiger partial charge in [-0.15, -0.1) is 0 Å². The lowest BCUT2D eigenvalue weighted by molar-refractivity contribution is 0.263. The molecule has 0 spiro atoms. The maximum atomic E-state index is 6.20. The van der Waals surface area contributed by atoms with E-state index in [4.69, 9.17) is 4.42 Å². The van der Waals surface area contributed by atoms with E-state index in [1.165, 1.54) is 5.56 Å². The smallest absolute Gasteiger partial charge is 0.227 e. The molecule has 1 atom stereocenters. The standard InChI is InChI=1S/C20H23N3O/c1-12(2)22-10-11-23(15(22)5)18-13(3)6-8-16-17-9-7-14(4)21-20(17)24-19(16)18/h6-12,15H,1-5H3/t15-/m0/s1. The van der Waals surface area contributed by atoms with Crippen molar-refractivity contribution in [3.63, 3.8) is 0 Å². The number of hydrogen-bond donors (Lipinski definition) is 0. The lowest BCUT2D eigenvalue weighted by Crippen LogP contribution is -2.39. The molecule has 3 heterocycles. The lowest BCUT2D eigenvalue weighted by atomic mass is 10.1. The minimum atomic E-state index is 0.261. The van der Waals surface area contributed by atoms with E-state index in [1.807, 2.05) is 13.0 Å². The molecule has 0 bridgehead atoms. The van der Waals surface area contributed by atoms with Crippen molar-refractivity contribution in [3.8, 4) is 0 Å². The van der Waals surface area contributed by atoms with E-state index in [2.05, 4.69) is 73.1 Å². The second-order valence-corrected chi connectivity index (χ2v) is 6.89. The van der Waals surface area contributed by atoms with Crippen molar-refractivity contribution < 1.29 is 4.42 Å². The summed E-state index contributed by atoms with van der Waals surface area (Å²) in [6.07, 6.45) is 4.58. The van der Waals surface area contributed by atoms with E-state index in [9.17, 15) is 0 Å². The zero-order valence-electron chi connectivity index (χ0n) is 14.9. The third-order valence-corrected chi connectivity index (χ3v) is 4.91. The Hall–Kier alpha value is -2.49. The van der Waals surface area contributed by atoms with Crippen LogP contribution in [0.4, 0.5) is 5.69 Å². The highest BCUT2D eigenvalue weighted by Gasteiger charge is 2.28. The topological polar surface area (TPSA) is 32.5 Å². The van der Waals surface area contributed by atoms with Gasteiger partial charge in [-0.25, -0.2) is 4.98 Å². The number of fused-ring (bicyclic) bond motifs is 3. The molecule has 0 saturated heterocycles. The molecule has 0 amide bonds. The van der Waals surface area contributed by atoms with Gasteiger partial charge in [0.1, 0.15) is 6.17 Å². The van der Waals surface area contributed by atoms with Crippen LogP contribution >= 0.6 is 0 Å². The SMILES string of the molecule is Cc1ccc2c(n1)oc1c(N3C=CN(C(C)C)[C@@H]3C)c(C)ccc12. The monoisotopic (exact) mass is 321 g/mol. The quantitative estimate of drug-likeness (QED) is 0.669. The summed E-state index contributed by atoms with van der Waals surface area (Å²) < 4.78 is 6.20. The average molecular weight is 321 g/mol. The van der Waals surface area contributed by atoms with Crippen molar-refractivity contribution in [3.05, 3.63) is 47.9 Å². The van der Waals surface area contributed by atoms with Crippen molar-refractivity contribution in [2.75, 3.05) is 4.90 Å². The van der Waals surface area contributed by atoms with Crippen molar-refractivity contribution in [2.24, 2.45) is 0 Å². The van der Waals surface area contributed by atoms with Crippen molar-refractivity contribution in [1.29, 1.82) is 0 Å². The van der Waals surface area contributed by atoms with Crippen molar-refractivity contribution in [2.45, 2.75) is 46.8 Å². The van der Waals surface area contributed by atoms with Gasteiger partial charge in [0.2, 0.25) is 5.71 Å². The molecule has 2 aromatic heterocycles. The molecule has 0 N–H and O–H groups in total. The first-order valence-corrected chi connectivity index (χ1v) is 8.51. The lowest BCUT2D eigenvalue weighted by Gasteiger charge is -2.33. The Balaban J connectivity index is 1.94. The fourth-order valence-electron chi connectivity index (χ4n) is 3.62. The Bertz CT molecular complexity index is 954. The van der Waals surface area contributed by atoms with E-state index in [-0.39, 0.29) is 6.17 Å². The summed E-state index contributed by atoms with van der Waals surface area (Å²) in [7, 11) is 0. The maximum Gasteiger partial charge on any atom is 0.227 e. The summed E-state index contributed by atoms with van der Waals surface area (Å²) in [5, 5.41) is 2.20. The van der Waals surface area contributed by atoms with Gasteiger partial charge in [-0.2, -0.15) is 0 Å². The number of anilines is 1. The summed E-state index contributed by atoms with van der Waals surface area (Å²) >= 11 is 0. The van der Waals surface area contributed by atoms with Crippen molar-refractivity contribution in [1.82, 2.24) is 9.88 Å². The van der Waals surface area contributed by atoms with Crippen LogP contribution in [-0.4, -0.2) is 22.1 Å². The van der Waals surface area contributed by atoms with E-state index in [1.54, 1.807) is 0 Å². The van der Waals surface area contributed by atoms with E-state index in [0.717, 1.165) is 27.7 Å². The van der Waals surface area contributed by atoms with Gasteiger partial charge in [-0.3, -0.25) is 0 Å². The fraction of sp³-hybridized carbons (Fsp3) is 0.350. The van der Waals surface area contributed by atoms with Gasteiger partial charge in [0, 0.05) is 34.9 Å².